The van der Waals surface area contributed by atoms with Crippen LogP contribution in [0.3, 0.4) is 0 Å². The van der Waals surface area contributed by atoms with Gasteiger partial charge in [-0.3, -0.25) is 15.1 Å². The van der Waals surface area contributed by atoms with E-state index in [2.05, 4.69) is 56.6 Å². The lowest BCUT2D eigenvalue weighted by molar-refractivity contribution is 0.997. The molecule has 134 valence electrons. The van der Waals surface area contributed by atoms with Crippen molar-refractivity contribution in [2.24, 2.45) is 0 Å². The Morgan fingerprint density at radius 2 is 1.54 bits per heavy atom. The van der Waals surface area contributed by atoms with Crippen molar-refractivity contribution in [2.45, 2.75) is 6.42 Å². The number of hydrogen-bond donors (Lipinski definition) is 1. The molecule has 0 amide bonds. The normalized spacial score (nSPS) is 11.0. The summed E-state index contributed by atoms with van der Waals surface area (Å²) in [5.41, 5.74) is 7.20. The first-order chi connectivity index (χ1) is 13.9. The monoisotopic (exact) mass is 362 g/mol. The van der Waals surface area contributed by atoms with Crippen molar-refractivity contribution in [3.63, 3.8) is 0 Å². The van der Waals surface area contributed by atoms with Gasteiger partial charge in [-0.1, -0.05) is 54.6 Å². The molecule has 3 aromatic heterocycles. The number of nitrogens with zero attached hydrogens (tertiary/aromatic N) is 3. The molecule has 2 aromatic carbocycles. The highest BCUT2D eigenvalue weighted by atomic mass is 15.1. The third kappa shape index (κ3) is 2.95. The molecule has 0 radical (unpaired) electrons. The summed E-state index contributed by atoms with van der Waals surface area (Å²) < 4.78 is 0. The third-order valence-electron chi connectivity index (χ3n) is 4.89. The van der Waals surface area contributed by atoms with Gasteiger partial charge in [-0.2, -0.15) is 5.10 Å². The van der Waals surface area contributed by atoms with Crippen molar-refractivity contribution >= 4 is 10.9 Å². The summed E-state index contributed by atoms with van der Waals surface area (Å²) in [6.07, 6.45) is 4.43. The lowest BCUT2D eigenvalue weighted by atomic mass is 9.95. The number of fused-ring (bicyclic) bond motifs is 1. The number of pyridine rings is 2. The second-order valence-electron chi connectivity index (χ2n) is 6.68. The van der Waals surface area contributed by atoms with Gasteiger partial charge in [-0.15, -0.1) is 0 Å². The maximum absolute atomic E-state index is 4.66. The van der Waals surface area contributed by atoms with Gasteiger partial charge in [0.15, 0.2) is 0 Å². The van der Waals surface area contributed by atoms with Crippen LogP contribution in [0.1, 0.15) is 11.3 Å². The summed E-state index contributed by atoms with van der Waals surface area (Å²) in [6.45, 7) is 0. The molecule has 5 aromatic rings. The first kappa shape index (κ1) is 16.4. The van der Waals surface area contributed by atoms with Crippen molar-refractivity contribution in [3.8, 4) is 22.5 Å². The van der Waals surface area contributed by atoms with E-state index in [-0.39, 0.29) is 0 Å². The van der Waals surface area contributed by atoms with Crippen molar-refractivity contribution in [1.82, 2.24) is 20.2 Å². The Hall–Kier alpha value is -3.79. The first-order valence-corrected chi connectivity index (χ1v) is 9.27. The molecule has 0 atom stereocenters. The van der Waals surface area contributed by atoms with Gasteiger partial charge in [0.1, 0.15) is 5.69 Å². The Morgan fingerprint density at radius 1 is 0.714 bits per heavy atom. The molecule has 28 heavy (non-hydrogen) atoms. The van der Waals surface area contributed by atoms with Crippen molar-refractivity contribution in [3.05, 3.63) is 103 Å². The van der Waals surface area contributed by atoms with E-state index in [4.69, 9.17) is 0 Å². The molecule has 0 bridgehead atoms. The zero-order chi connectivity index (χ0) is 18.8. The van der Waals surface area contributed by atoms with Gasteiger partial charge in [0, 0.05) is 35.5 Å². The fourth-order valence-corrected chi connectivity index (χ4v) is 3.60. The van der Waals surface area contributed by atoms with Crippen LogP contribution in [-0.2, 0) is 6.42 Å². The zero-order valence-electron chi connectivity index (χ0n) is 15.2. The SMILES string of the molecule is c1ccc(Cc2[nH]nc(-c3ccccn3)c2-c2ccnc3ccccc23)cc1. The van der Waals surface area contributed by atoms with E-state index in [1.165, 1.54) is 5.56 Å². The maximum atomic E-state index is 4.66. The minimum Gasteiger partial charge on any atom is -0.281 e. The van der Waals surface area contributed by atoms with Crippen LogP contribution in [0, 0.1) is 0 Å². The summed E-state index contributed by atoms with van der Waals surface area (Å²) >= 11 is 0. The average molecular weight is 362 g/mol. The standard InChI is InChI=1S/C24H18N4/c1-2-8-17(9-3-1)16-22-23(24(28-27-22)21-12-6-7-14-25-21)19-13-15-26-20-11-5-4-10-18(19)20/h1-15H,16H2,(H,27,28). The highest BCUT2D eigenvalue weighted by Gasteiger charge is 2.19. The molecule has 0 saturated heterocycles. The fourth-order valence-electron chi connectivity index (χ4n) is 3.60. The molecule has 0 aliphatic rings. The Kier molecular flexibility index (Phi) is 4.14. The van der Waals surface area contributed by atoms with E-state index in [9.17, 15) is 0 Å². The number of nitrogens with one attached hydrogen (secondary N) is 1. The number of hydrogen-bond acceptors (Lipinski definition) is 3. The van der Waals surface area contributed by atoms with E-state index in [1.54, 1.807) is 6.20 Å². The summed E-state index contributed by atoms with van der Waals surface area (Å²) in [4.78, 5) is 9.06. The average Bonchev–Trinajstić information content (AvgIpc) is 3.18. The van der Waals surface area contributed by atoms with Gasteiger partial charge >= 0.3 is 0 Å². The number of aromatic amines is 1. The molecular formula is C24H18N4. The molecule has 0 spiro atoms. The Morgan fingerprint density at radius 3 is 2.39 bits per heavy atom. The van der Waals surface area contributed by atoms with Crippen LogP contribution in [0.25, 0.3) is 33.4 Å². The van der Waals surface area contributed by atoms with E-state index >= 15 is 0 Å². The van der Waals surface area contributed by atoms with Crippen molar-refractivity contribution in [1.29, 1.82) is 0 Å². The Labute approximate surface area is 162 Å². The van der Waals surface area contributed by atoms with Gasteiger partial charge in [-0.05, 0) is 35.4 Å². The minimum absolute atomic E-state index is 0.770. The smallest absolute Gasteiger partial charge is 0.119 e. The van der Waals surface area contributed by atoms with Gasteiger partial charge < -0.3 is 0 Å². The number of benzene rings is 2. The molecule has 0 aliphatic carbocycles. The van der Waals surface area contributed by atoms with Crippen LogP contribution in [-0.4, -0.2) is 20.2 Å². The van der Waals surface area contributed by atoms with E-state index in [0.29, 0.717) is 0 Å². The molecule has 1 N–H and O–H groups in total. The third-order valence-corrected chi connectivity index (χ3v) is 4.89. The van der Waals surface area contributed by atoms with Crippen LogP contribution in [0.2, 0.25) is 0 Å². The predicted molar refractivity (Wildman–Crippen MR) is 112 cm³/mol. The van der Waals surface area contributed by atoms with Gasteiger partial charge in [0.25, 0.3) is 0 Å². The fraction of sp³-hybridized carbons (Fsp3) is 0.0417. The van der Waals surface area contributed by atoms with Crippen LogP contribution >= 0.6 is 0 Å². The lowest BCUT2D eigenvalue weighted by Gasteiger charge is -2.10. The van der Waals surface area contributed by atoms with E-state index in [0.717, 1.165) is 45.5 Å². The molecule has 0 unspecified atom stereocenters. The number of aromatic nitrogens is 4. The van der Waals surface area contributed by atoms with Crippen LogP contribution in [0.15, 0.2) is 91.3 Å². The van der Waals surface area contributed by atoms with E-state index in [1.807, 2.05) is 48.7 Å². The lowest BCUT2D eigenvalue weighted by Crippen LogP contribution is -1.94. The summed E-state index contributed by atoms with van der Waals surface area (Å²) in [7, 11) is 0. The Bertz CT molecular complexity index is 1220. The number of H-pyrrole nitrogens is 1. The molecule has 4 heteroatoms. The van der Waals surface area contributed by atoms with Crippen molar-refractivity contribution < 1.29 is 0 Å². The van der Waals surface area contributed by atoms with Crippen LogP contribution in [0.4, 0.5) is 0 Å². The first-order valence-electron chi connectivity index (χ1n) is 9.27. The molecular weight excluding hydrogens is 344 g/mol. The predicted octanol–water partition coefficient (Wildman–Crippen LogP) is 5.28. The summed E-state index contributed by atoms with van der Waals surface area (Å²) in [5, 5.41) is 9.04. The van der Waals surface area contributed by atoms with Gasteiger partial charge in [0.2, 0.25) is 0 Å². The zero-order valence-corrected chi connectivity index (χ0v) is 15.2. The molecule has 0 fully saturated rings. The maximum Gasteiger partial charge on any atom is 0.119 e. The van der Waals surface area contributed by atoms with Crippen LogP contribution < -0.4 is 0 Å². The van der Waals surface area contributed by atoms with Crippen molar-refractivity contribution in [2.75, 3.05) is 0 Å². The molecule has 4 nitrogen and oxygen atoms in total. The number of rotatable bonds is 4. The number of para-hydroxylation sites is 1. The highest BCUT2D eigenvalue weighted by Crippen LogP contribution is 2.36. The topological polar surface area (TPSA) is 54.5 Å². The Balaban J connectivity index is 1.75. The molecule has 3 heterocycles. The minimum atomic E-state index is 0.770. The molecule has 0 saturated carbocycles. The molecule has 0 aliphatic heterocycles. The second-order valence-corrected chi connectivity index (χ2v) is 6.68. The van der Waals surface area contributed by atoms with Gasteiger partial charge in [0.05, 0.1) is 11.2 Å². The van der Waals surface area contributed by atoms with E-state index < -0.39 is 0 Å². The quantitative estimate of drug-likeness (QED) is 0.473. The van der Waals surface area contributed by atoms with Crippen LogP contribution in [0.5, 0.6) is 0 Å². The highest BCUT2D eigenvalue weighted by molar-refractivity contribution is 5.98. The second kappa shape index (κ2) is 7.08. The van der Waals surface area contributed by atoms with Gasteiger partial charge in [-0.25, -0.2) is 0 Å². The summed E-state index contributed by atoms with van der Waals surface area (Å²) in [5.74, 6) is 0. The molecule has 5 rings (SSSR count). The largest absolute Gasteiger partial charge is 0.281 e. The summed E-state index contributed by atoms with van der Waals surface area (Å²) in [6, 6.07) is 26.6.